The first-order chi connectivity index (χ1) is 9.38. The van der Waals surface area contributed by atoms with Crippen molar-refractivity contribution in [2.45, 2.75) is 6.54 Å². The molecule has 0 amide bonds. The number of hydrogen-bond acceptors (Lipinski definition) is 3. The van der Waals surface area contributed by atoms with E-state index in [0.29, 0.717) is 0 Å². The predicted octanol–water partition coefficient (Wildman–Crippen LogP) is 2.42. The highest BCUT2D eigenvalue weighted by molar-refractivity contribution is 5.87. The molecule has 0 radical (unpaired) electrons. The Morgan fingerprint density at radius 2 is 2.05 bits per heavy atom. The zero-order chi connectivity index (χ0) is 14.9. The highest BCUT2D eigenvalue weighted by atomic mass is 19.1. The summed E-state index contributed by atoms with van der Waals surface area (Å²) in [6, 6.07) is 3.60. The second-order valence-corrected chi connectivity index (χ2v) is 4.01. The number of carboxylic acid groups (broad SMARTS) is 1. The van der Waals surface area contributed by atoms with Crippen LogP contribution in [0.4, 0.5) is 14.5 Å². The maximum atomic E-state index is 13.5. The summed E-state index contributed by atoms with van der Waals surface area (Å²) in [4.78, 5) is 20.9. The topological polar surface area (TPSA) is 85.4 Å². The monoisotopic (exact) mass is 282 g/mol. The maximum absolute atomic E-state index is 13.5. The molecule has 0 saturated heterocycles. The molecule has 0 fully saturated rings. The van der Waals surface area contributed by atoms with Crippen LogP contribution in [-0.2, 0) is 6.54 Å². The van der Waals surface area contributed by atoms with Gasteiger partial charge in [0, 0.05) is 11.6 Å². The average Bonchev–Trinajstić information content (AvgIpc) is 2.78. The van der Waals surface area contributed by atoms with Crippen LogP contribution in [0.1, 0.15) is 16.1 Å². The lowest BCUT2D eigenvalue weighted by Gasteiger charge is -2.07. The molecular weight excluding hydrogens is 274 g/mol. The van der Waals surface area contributed by atoms with E-state index >= 15 is 0 Å². The van der Waals surface area contributed by atoms with Crippen LogP contribution in [-0.4, -0.2) is 20.6 Å². The molecule has 1 aromatic carbocycles. The molecule has 6 nitrogen and oxygen atoms in total. The van der Waals surface area contributed by atoms with Gasteiger partial charge >= 0.3 is 5.97 Å². The van der Waals surface area contributed by atoms with E-state index in [0.717, 1.165) is 35.0 Å². The van der Waals surface area contributed by atoms with E-state index in [-0.39, 0.29) is 17.8 Å². The summed E-state index contributed by atoms with van der Waals surface area (Å²) in [7, 11) is 0. The summed E-state index contributed by atoms with van der Waals surface area (Å²) in [5, 5.41) is 19.6. The Morgan fingerprint density at radius 1 is 1.35 bits per heavy atom. The van der Waals surface area contributed by atoms with Crippen molar-refractivity contribution in [2.24, 2.45) is 0 Å². The van der Waals surface area contributed by atoms with Gasteiger partial charge in [0.05, 0.1) is 17.7 Å². The lowest BCUT2D eigenvalue weighted by molar-refractivity contribution is -0.384. The number of benzene rings is 1. The van der Waals surface area contributed by atoms with E-state index in [1.54, 1.807) is 0 Å². The Balaban J connectivity index is 2.44. The highest BCUT2D eigenvalue weighted by Gasteiger charge is 2.19. The van der Waals surface area contributed by atoms with E-state index in [1.165, 1.54) is 0 Å². The predicted molar refractivity (Wildman–Crippen MR) is 63.5 cm³/mol. The molecule has 2 aromatic rings. The van der Waals surface area contributed by atoms with Crippen molar-refractivity contribution < 1.29 is 23.6 Å². The molecule has 104 valence electrons. The Bertz CT molecular complexity index is 697. The molecule has 8 heteroatoms. The standard InChI is InChI=1S/C12H8F2N2O4/c13-8-1-2-10(14)7(3-8)5-15-6-9(16(19)20)4-11(15)12(17)18/h1-4,6H,5H2,(H,17,18). The van der Waals surface area contributed by atoms with Gasteiger partial charge in [-0.1, -0.05) is 0 Å². The quantitative estimate of drug-likeness (QED) is 0.689. The van der Waals surface area contributed by atoms with Gasteiger partial charge in [0.1, 0.15) is 17.3 Å². The number of hydrogen-bond donors (Lipinski definition) is 1. The fourth-order valence-corrected chi connectivity index (χ4v) is 1.75. The third kappa shape index (κ3) is 2.63. The Labute approximate surface area is 111 Å². The molecule has 0 aliphatic rings. The van der Waals surface area contributed by atoms with Gasteiger partial charge in [0.2, 0.25) is 0 Å². The lowest BCUT2D eigenvalue weighted by atomic mass is 10.2. The summed E-state index contributed by atoms with van der Waals surface area (Å²) in [5.41, 5.74) is -0.905. The molecule has 20 heavy (non-hydrogen) atoms. The number of rotatable bonds is 4. The smallest absolute Gasteiger partial charge is 0.352 e. The minimum absolute atomic E-state index is 0.0991. The van der Waals surface area contributed by atoms with E-state index < -0.39 is 28.2 Å². The molecule has 0 unspecified atom stereocenters. The molecule has 1 aromatic heterocycles. The van der Waals surface area contributed by atoms with Crippen LogP contribution in [0.3, 0.4) is 0 Å². The first kappa shape index (κ1) is 13.7. The number of carbonyl (C=O) groups is 1. The lowest BCUT2D eigenvalue weighted by Crippen LogP contribution is -2.09. The van der Waals surface area contributed by atoms with Gasteiger partial charge in [-0.15, -0.1) is 0 Å². The van der Waals surface area contributed by atoms with Crippen LogP contribution >= 0.6 is 0 Å². The molecule has 1 heterocycles. The van der Waals surface area contributed by atoms with Crippen LogP contribution in [0.5, 0.6) is 0 Å². The van der Waals surface area contributed by atoms with Gasteiger partial charge < -0.3 is 9.67 Å². The highest BCUT2D eigenvalue weighted by Crippen LogP contribution is 2.19. The van der Waals surface area contributed by atoms with Gasteiger partial charge in [-0.25, -0.2) is 13.6 Å². The third-order valence-electron chi connectivity index (χ3n) is 2.66. The minimum Gasteiger partial charge on any atom is -0.477 e. The van der Waals surface area contributed by atoms with Crippen molar-refractivity contribution in [1.82, 2.24) is 4.57 Å². The normalized spacial score (nSPS) is 10.5. The molecule has 0 aliphatic carbocycles. The minimum atomic E-state index is -1.39. The van der Waals surface area contributed by atoms with Crippen molar-refractivity contribution in [2.75, 3.05) is 0 Å². The zero-order valence-corrected chi connectivity index (χ0v) is 9.92. The van der Waals surface area contributed by atoms with Crippen molar-refractivity contribution in [3.05, 3.63) is 63.5 Å². The van der Waals surface area contributed by atoms with Crippen LogP contribution in [0, 0.1) is 21.7 Å². The molecule has 2 rings (SSSR count). The summed E-state index contributed by atoms with van der Waals surface area (Å²) in [5.74, 6) is -2.80. The maximum Gasteiger partial charge on any atom is 0.352 e. The molecular formula is C12H8F2N2O4. The summed E-state index contributed by atoms with van der Waals surface area (Å²) in [6.45, 7) is -0.320. The van der Waals surface area contributed by atoms with Gasteiger partial charge in [-0.2, -0.15) is 0 Å². The zero-order valence-electron chi connectivity index (χ0n) is 9.92. The van der Waals surface area contributed by atoms with Crippen molar-refractivity contribution >= 4 is 11.7 Å². The Kier molecular flexibility index (Phi) is 3.47. The fourth-order valence-electron chi connectivity index (χ4n) is 1.75. The number of nitrogens with zero attached hydrogens (tertiary/aromatic N) is 2. The third-order valence-corrected chi connectivity index (χ3v) is 2.66. The summed E-state index contributed by atoms with van der Waals surface area (Å²) >= 11 is 0. The summed E-state index contributed by atoms with van der Waals surface area (Å²) in [6.07, 6.45) is 0.966. The second-order valence-electron chi connectivity index (χ2n) is 4.01. The van der Waals surface area contributed by atoms with E-state index in [4.69, 9.17) is 5.11 Å². The number of aromatic carboxylic acids is 1. The van der Waals surface area contributed by atoms with Crippen LogP contribution in [0.2, 0.25) is 0 Å². The SMILES string of the molecule is O=C(O)c1cc([N+](=O)[O-])cn1Cc1cc(F)ccc1F. The second kappa shape index (κ2) is 5.08. The molecule has 0 atom stereocenters. The van der Waals surface area contributed by atoms with E-state index in [9.17, 15) is 23.7 Å². The average molecular weight is 282 g/mol. The first-order valence-corrected chi connectivity index (χ1v) is 5.40. The number of halogens is 2. The summed E-state index contributed by atoms with van der Waals surface area (Å²) < 4.78 is 27.5. The van der Waals surface area contributed by atoms with Gasteiger partial charge in [-0.05, 0) is 18.2 Å². The Morgan fingerprint density at radius 3 is 2.65 bits per heavy atom. The fraction of sp³-hybridized carbons (Fsp3) is 0.0833. The van der Waals surface area contributed by atoms with E-state index in [1.807, 2.05) is 0 Å². The van der Waals surface area contributed by atoms with Gasteiger partial charge in [-0.3, -0.25) is 10.1 Å². The van der Waals surface area contributed by atoms with Crippen molar-refractivity contribution in [1.29, 1.82) is 0 Å². The molecule has 0 aliphatic heterocycles. The molecule has 0 spiro atoms. The van der Waals surface area contributed by atoms with Crippen LogP contribution < -0.4 is 0 Å². The van der Waals surface area contributed by atoms with Gasteiger partial charge in [0.15, 0.2) is 0 Å². The number of aromatic nitrogens is 1. The molecule has 0 bridgehead atoms. The van der Waals surface area contributed by atoms with Crippen LogP contribution in [0.15, 0.2) is 30.5 Å². The van der Waals surface area contributed by atoms with Crippen LogP contribution in [0.25, 0.3) is 0 Å². The van der Waals surface area contributed by atoms with Crippen molar-refractivity contribution in [3.8, 4) is 0 Å². The van der Waals surface area contributed by atoms with E-state index in [2.05, 4.69) is 0 Å². The van der Waals surface area contributed by atoms with Crippen molar-refractivity contribution in [3.63, 3.8) is 0 Å². The first-order valence-electron chi connectivity index (χ1n) is 5.40. The Hall–Kier alpha value is -2.77. The molecule has 0 saturated carbocycles. The largest absolute Gasteiger partial charge is 0.477 e. The van der Waals surface area contributed by atoms with Gasteiger partial charge in [0.25, 0.3) is 5.69 Å². The number of carboxylic acids is 1. The molecule has 1 N–H and O–H groups in total. The number of nitro groups is 1.